The van der Waals surface area contributed by atoms with Crippen LogP contribution in [0.15, 0.2) is 29.2 Å². The normalized spacial score (nSPS) is 22.4. The van der Waals surface area contributed by atoms with Crippen LogP contribution in [0.4, 0.5) is 0 Å². The van der Waals surface area contributed by atoms with Gasteiger partial charge in [-0.15, -0.1) is 0 Å². The van der Waals surface area contributed by atoms with Crippen molar-refractivity contribution < 1.29 is 13.2 Å². The summed E-state index contributed by atoms with van der Waals surface area (Å²) in [6, 6.07) is 5.95. The molecule has 0 aromatic heterocycles. The average Bonchev–Trinajstić information content (AvgIpc) is 2.46. The second kappa shape index (κ2) is 7.20. The SMILES string of the molecule is CC1CC(C)CN(C(=O)CN(C)S(=O)(=O)c2ccc(Cl)cc2)C1. The van der Waals surface area contributed by atoms with Gasteiger partial charge in [0, 0.05) is 25.2 Å². The minimum atomic E-state index is -3.69. The summed E-state index contributed by atoms with van der Waals surface area (Å²) in [6.07, 6.45) is 1.10. The number of piperidine rings is 1. The molecule has 2 atom stereocenters. The number of amides is 1. The molecule has 1 aliphatic heterocycles. The Labute approximate surface area is 143 Å². The number of nitrogens with zero attached hydrogens (tertiary/aromatic N) is 2. The molecule has 1 heterocycles. The van der Waals surface area contributed by atoms with Crippen molar-refractivity contribution >= 4 is 27.5 Å². The molecule has 1 aromatic rings. The summed E-state index contributed by atoms with van der Waals surface area (Å²) in [4.78, 5) is 14.3. The van der Waals surface area contributed by atoms with Gasteiger partial charge in [0.1, 0.15) is 0 Å². The number of benzene rings is 1. The van der Waals surface area contributed by atoms with E-state index in [1.165, 1.54) is 31.3 Å². The number of carbonyl (C=O) groups is 1. The topological polar surface area (TPSA) is 57.7 Å². The van der Waals surface area contributed by atoms with Crippen molar-refractivity contribution in [1.82, 2.24) is 9.21 Å². The van der Waals surface area contributed by atoms with E-state index in [9.17, 15) is 13.2 Å². The molecule has 5 nitrogen and oxygen atoms in total. The number of halogens is 1. The first-order chi connectivity index (χ1) is 10.7. The van der Waals surface area contributed by atoms with Crippen molar-refractivity contribution in [3.8, 4) is 0 Å². The fourth-order valence-electron chi connectivity index (χ4n) is 3.03. The maximum absolute atomic E-state index is 12.5. The number of hydrogen-bond donors (Lipinski definition) is 0. The van der Waals surface area contributed by atoms with Crippen molar-refractivity contribution in [2.24, 2.45) is 11.8 Å². The second-order valence-electron chi connectivity index (χ2n) is 6.46. The molecule has 1 fully saturated rings. The van der Waals surface area contributed by atoms with E-state index in [1.54, 1.807) is 4.90 Å². The van der Waals surface area contributed by atoms with E-state index in [2.05, 4.69) is 13.8 Å². The van der Waals surface area contributed by atoms with Crippen molar-refractivity contribution in [2.75, 3.05) is 26.7 Å². The monoisotopic (exact) mass is 358 g/mol. The smallest absolute Gasteiger partial charge is 0.243 e. The number of sulfonamides is 1. The lowest BCUT2D eigenvalue weighted by Crippen LogP contribution is -2.47. The molecule has 0 aliphatic carbocycles. The highest BCUT2D eigenvalue weighted by Gasteiger charge is 2.29. The number of likely N-dealkylation sites (N-methyl/N-ethyl adjacent to an activating group) is 1. The Morgan fingerprint density at radius 2 is 1.74 bits per heavy atom. The van der Waals surface area contributed by atoms with Crippen LogP contribution in [0, 0.1) is 11.8 Å². The summed E-state index contributed by atoms with van der Waals surface area (Å²) >= 11 is 5.79. The molecular weight excluding hydrogens is 336 g/mol. The van der Waals surface area contributed by atoms with Crippen molar-refractivity contribution in [1.29, 1.82) is 0 Å². The molecule has 1 saturated heterocycles. The van der Waals surface area contributed by atoms with E-state index in [0.29, 0.717) is 29.9 Å². The van der Waals surface area contributed by atoms with Gasteiger partial charge < -0.3 is 4.90 Å². The van der Waals surface area contributed by atoms with Gasteiger partial charge in [-0.2, -0.15) is 4.31 Å². The third-order valence-electron chi connectivity index (χ3n) is 4.10. The maximum Gasteiger partial charge on any atom is 0.243 e. The van der Waals surface area contributed by atoms with Gasteiger partial charge in [-0.1, -0.05) is 25.4 Å². The number of carbonyl (C=O) groups excluding carboxylic acids is 1. The predicted molar refractivity (Wildman–Crippen MR) is 90.8 cm³/mol. The van der Waals surface area contributed by atoms with Crippen LogP contribution < -0.4 is 0 Å². The molecule has 1 aromatic carbocycles. The van der Waals surface area contributed by atoms with Crippen LogP contribution in [-0.4, -0.2) is 50.2 Å². The lowest BCUT2D eigenvalue weighted by Gasteiger charge is -2.35. The molecule has 0 N–H and O–H groups in total. The third kappa shape index (κ3) is 4.46. The first-order valence-electron chi connectivity index (χ1n) is 7.70. The highest BCUT2D eigenvalue weighted by atomic mass is 35.5. The Morgan fingerprint density at radius 1 is 1.22 bits per heavy atom. The zero-order chi connectivity index (χ0) is 17.2. The molecule has 2 unspecified atom stereocenters. The van der Waals surface area contributed by atoms with E-state index < -0.39 is 10.0 Å². The summed E-state index contributed by atoms with van der Waals surface area (Å²) < 4.78 is 26.1. The van der Waals surface area contributed by atoms with Gasteiger partial charge in [-0.25, -0.2) is 8.42 Å². The number of likely N-dealkylation sites (tertiary alicyclic amines) is 1. The summed E-state index contributed by atoms with van der Waals surface area (Å²) in [5.74, 6) is 0.741. The van der Waals surface area contributed by atoms with Crippen LogP contribution >= 0.6 is 11.6 Å². The largest absolute Gasteiger partial charge is 0.341 e. The van der Waals surface area contributed by atoms with E-state index in [-0.39, 0.29) is 17.3 Å². The van der Waals surface area contributed by atoms with E-state index in [4.69, 9.17) is 11.6 Å². The van der Waals surface area contributed by atoms with Crippen LogP contribution in [0.25, 0.3) is 0 Å². The van der Waals surface area contributed by atoms with E-state index >= 15 is 0 Å². The first kappa shape index (κ1) is 18.2. The summed E-state index contributed by atoms with van der Waals surface area (Å²) in [5.41, 5.74) is 0. The Hall–Kier alpha value is -1.11. The van der Waals surface area contributed by atoms with Gasteiger partial charge in [-0.3, -0.25) is 4.79 Å². The molecule has 7 heteroatoms. The summed E-state index contributed by atoms with van der Waals surface area (Å²) in [6.45, 7) is 5.47. The minimum Gasteiger partial charge on any atom is -0.341 e. The first-order valence-corrected chi connectivity index (χ1v) is 9.51. The van der Waals surface area contributed by atoms with Gasteiger partial charge in [0.05, 0.1) is 11.4 Å². The third-order valence-corrected chi connectivity index (χ3v) is 6.17. The molecule has 0 saturated carbocycles. The zero-order valence-corrected chi connectivity index (χ0v) is 15.3. The standard InChI is InChI=1S/C16H23ClN2O3S/c1-12-8-13(2)10-19(9-12)16(20)11-18(3)23(21,22)15-6-4-14(17)5-7-15/h4-7,12-13H,8-11H2,1-3H3. The Morgan fingerprint density at radius 3 is 2.26 bits per heavy atom. The quantitative estimate of drug-likeness (QED) is 0.830. The fourth-order valence-corrected chi connectivity index (χ4v) is 4.27. The van der Waals surface area contributed by atoms with E-state index in [1.807, 2.05) is 0 Å². The van der Waals surface area contributed by atoms with Gasteiger partial charge in [0.25, 0.3) is 0 Å². The molecule has 1 amide bonds. The summed E-state index contributed by atoms with van der Waals surface area (Å²) in [7, 11) is -2.26. The van der Waals surface area contributed by atoms with Crippen LogP contribution in [0.5, 0.6) is 0 Å². The molecule has 2 rings (SSSR count). The molecule has 0 bridgehead atoms. The van der Waals surface area contributed by atoms with Gasteiger partial charge >= 0.3 is 0 Å². The Balaban J connectivity index is 2.06. The second-order valence-corrected chi connectivity index (χ2v) is 8.94. The predicted octanol–water partition coefficient (Wildman–Crippen LogP) is 2.47. The minimum absolute atomic E-state index is 0.137. The molecule has 128 valence electrons. The molecule has 23 heavy (non-hydrogen) atoms. The van der Waals surface area contributed by atoms with Crippen LogP contribution in [0.3, 0.4) is 0 Å². The molecular formula is C16H23ClN2O3S. The highest BCUT2D eigenvalue weighted by molar-refractivity contribution is 7.89. The number of rotatable bonds is 4. The van der Waals surface area contributed by atoms with Crippen LogP contribution in [-0.2, 0) is 14.8 Å². The van der Waals surface area contributed by atoms with Gasteiger partial charge in [0.15, 0.2) is 0 Å². The van der Waals surface area contributed by atoms with Crippen LogP contribution in [0.1, 0.15) is 20.3 Å². The lowest BCUT2D eigenvalue weighted by molar-refractivity contribution is -0.133. The van der Waals surface area contributed by atoms with Gasteiger partial charge in [0.2, 0.25) is 15.9 Å². The van der Waals surface area contributed by atoms with Crippen molar-refractivity contribution in [2.45, 2.75) is 25.2 Å². The average molecular weight is 359 g/mol. The number of hydrogen-bond acceptors (Lipinski definition) is 3. The lowest BCUT2D eigenvalue weighted by atomic mass is 9.92. The van der Waals surface area contributed by atoms with Crippen molar-refractivity contribution in [3.63, 3.8) is 0 Å². The molecule has 0 radical (unpaired) electrons. The van der Waals surface area contributed by atoms with Crippen LogP contribution in [0.2, 0.25) is 5.02 Å². The molecule has 1 aliphatic rings. The maximum atomic E-state index is 12.5. The Kier molecular flexibility index (Phi) is 5.70. The van der Waals surface area contributed by atoms with Gasteiger partial charge in [-0.05, 0) is 42.5 Å². The fraction of sp³-hybridized carbons (Fsp3) is 0.562. The van der Waals surface area contributed by atoms with E-state index in [0.717, 1.165) is 10.7 Å². The van der Waals surface area contributed by atoms with Crippen molar-refractivity contribution in [3.05, 3.63) is 29.3 Å². The summed E-state index contributed by atoms with van der Waals surface area (Å²) in [5, 5.41) is 0.471. The highest BCUT2D eigenvalue weighted by Crippen LogP contribution is 2.22. The zero-order valence-electron chi connectivity index (χ0n) is 13.7. The molecule has 0 spiro atoms. The Bertz CT molecular complexity index is 650.